The molecule has 0 radical (unpaired) electrons. The molecule has 9 heteroatoms. The van der Waals surface area contributed by atoms with E-state index in [9.17, 15) is 13.2 Å². The number of aryl methyl sites for hydroxylation is 1. The minimum Gasteiger partial charge on any atom is -0.383 e. The normalized spacial score (nSPS) is 11.3. The number of anilines is 3. The maximum absolute atomic E-state index is 12.8. The van der Waals surface area contributed by atoms with Crippen molar-refractivity contribution in [3.05, 3.63) is 78.6 Å². The van der Waals surface area contributed by atoms with E-state index >= 15 is 0 Å². The summed E-state index contributed by atoms with van der Waals surface area (Å²) in [5, 5.41) is 6.22. The van der Waals surface area contributed by atoms with Crippen LogP contribution in [0.5, 0.6) is 0 Å². The molecular weight excluding hydrogens is 462 g/mol. The zero-order chi connectivity index (χ0) is 25.3. The van der Waals surface area contributed by atoms with Gasteiger partial charge in [0.15, 0.2) is 0 Å². The molecule has 2 aromatic carbocycles. The number of likely N-dealkylation sites (N-methyl/N-ethyl adjacent to an activating group) is 1. The first-order valence-electron chi connectivity index (χ1n) is 11.6. The highest BCUT2D eigenvalue weighted by molar-refractivity contribution is 7.89. The maximum atomic E-state index is 12.8. The van der Waals surface area contributed by atoms with Crippen LogP contribution in [0.25, 0.3) is 0 Å². The van der Waals surface area contributed by atoms with Crippen molar-refractivity contribution in [1.29, 1.82) is 0 Å². The van der Waals surface area contributed by atoms with Crippen LogP contribution in [-0.2, 0) is 14.8 Å². The minimum atomic E-state index is -3.64. The van der Waals surface area contributed by atoms with E-state index in [4.69, 9.17) is 0 Å². The van der Waals surface area contributed by atoms with Crippen molar-refractivity contribution in [2.45, 2.75) is 25.2 Å². The number of carbonyl (C=O) groups excluding carboxylic acids is 1. The molecule has 3 rings (SSSR count). The molecule has 1 heterocycles. The molecule has 0 saturated heterocycles. The third kappa shape index (κ3) is 7.27. The van der Waals surface area contributed by atoms with Crippen molar-refractivity contribution in [1.82, 2.24) is 9.29 Å². The summed E-state index contributed by atoms with van der Waals surface area (Å²) in [6.07, 6.45) is 3.64. The number of carbonyl (C=O) groups is 1. The van der Waals surface area contributed by atoms with Crippen LogP contribution < -0.4 is 15.5 Å². The van der Waals surface area contributed by atoms with Crippen LogP contribution in [0.4, 0.5) is 17.1 Å². The summed E-state index contributed by atoms with van der Waals surface area (Å²) in [4.78, 5) is 19.0. The predicted octanol–water partition coefficient (Wildman–Crippen LogP) is 3.98. The summed E-state index contributed by atoms with van der Waals surface area (Å²) >= 11 is 0. The smallest absolute Gasteiger partial charge is 0.243 e. The van der Waals surface area contributed by atoms with Gasteiger partial charge < -0.3 is 15.5 Å². The molecule has 8 nitrogen and oxygen atoms in total. The van der Waals surface area contributed by atoms with E-state index in [1.54, 1.807) is 43.6 Å². The highest BCUT2D eigenvalue weighted by atomic mass is 32.2. The van der Waals surface area contributed by atoms with Crippen LogP contribution >= 0.6 is 0 Å². The van der Waals surface area contributed by atoms with Crippen LogP contribution in [0, 0.1) is 6.92 Å². The average molecular weight is 496 g/mol. The van der Waals surface area contributed by atoms with Crippen LogP contribution in [0.3, 0.4) is 0 Å². The number of rotatable bonds is 12. The van der Waals surface area contributed by atoms with Crippen LogP contribution in [0.15, 0.2) is 78.0 Å². The van der Waals surface area contributed by atoms with Crippen molar-refractivity contribution < 1.29 is 13.2 Å². The molecule has 0 aliphatic rings. The van der Waals surface area contributed by atoms with Gasteiger partial charge in [0.05, 0.1) is 4.90 Å². The van der Waals surface area contributed by atoms with E-state index in [0.29, 0.717) is 11.3 Å². The van der Waals surface area contributed by atoms with E-state index in [-0.39, 0.29) is 23.8 Å². The molecule has 0 spiro atoms. The Morgan fingerprint density at radius 3 is 2.26 bits per heavy atom. The Morgan fingerprint density at radius 1 is 0.943 bits per heavy atom. The van der Waals surface area contributed by atoms with Crippen molar-refractivity contribution >= 4 is 33.0 Å². The van der Waals surface area contributed by atoms with Crippen LogP contribution in [0.1, 0.15) is 18.9 Å². The molecular formula is C26H33N5O3S. The molecule has 0 aliphatic heterocycles. The van der Waals surface area contributed by atoms with Crippen molar-refractivity contribution in [3.8, 4) is 0 Å². The molecule has 3 aromatic rings. The minimum absolute atomic E-state index is 0.0590. The molecule has 1 amide bonds. The van der Waals surface area contributed by atoms with E-state index in [1.807, 2.05) is 36.4 Å². The maximum Gasteiger partial charge on any atom is 0.243 e. The van der Waals surface area contributed by atoms with Gasteiger partial charge in [-0.25, -0.2) is 12.7 Å². The van der Waals surface area contributed by atoms with Gasteiger partial charge in [-0.05, 0) is 61.9 Å². The zero-order valence-electron chi connectivity index (χ0n) is 20.4. The number of hydrogen-bond donors (Lipinski definition) is 2. The molecule has 0 bridgehead atoms. The fourth-order valence-electron chi connectivity index (χ4n) is 3.65. The van der Waals surface area contributed by atoms with Gasteiger partial charge in [-0.15, -0.1) is 0 Å². The van der Waals surface area contributed by atoms with Crippen molar-refractivity contribution in [2.75, 3.05) is 48.8 Å². The quantitative estimate of drug-likeness (QED) is 0.395. The summed E-state index contributed by atoms with van der Waals surface area (Å²) in [5.41, 5.74) is 3.44. The first kappa shape index (κ1) is 26.2. The molecule has 2 N–H and O–H groups in total. The molecule has 0 aliphatic carbocycles. The summed E-state index contributed by atoms with van der Waals surface area (Å²) in [6, 6.07) is 18.3. The molecule has 1 aromatic heterocycles. The lowest BCUT2D eigenvalue weighted by molar-refractivity contribution is -0.116. The van der Waals surface area contributed by atoms with E-state index in [1.165, 1.54) is 11.4 Å². The summed E-state index contributed by atoms with van der Waals surface area (Å²) in [7, 11) is -2.15. The molecule has 35 heavy (non-hydrogen) atoms. The second kappa shape index (κ2) is 12.3. The fraction of sp³-hybridized carbons (Fsp3) is 0.308. The second-order valence-corrected chi connectivity index (χ2v) is 10.2. The third-order valence-corrected chi connectivity index (χ3v) is 7.74. The number of benzene rings is 2. The van der Waals surface area contributed by atoms with Gasteiger partial charge in [0.2, 0.25) is 15.9 Å². The average Bonchev–Trinajstić information content (AvgIpc) is 2.87. The molecule has 0 unspecified atom stereocenters. The van der Waals surface area contributed by atoms with Gasteiger partial charge in [-0.3, -0.25) is 9.78 Å². The number of sulfonamides is 1. The van der Waals surface area contributed by atoms with Crippen LogP contribution in [0.2, 0.25) is 0 Å². The van der Waals surface area contributed by atoms with E-state index in [2.05, 4.69) is 27.4 Å². The SMILES string of the molecule is CCN(CCNc1ccc(NC(=O)CCN(C)S(=O)(=O)c2ccccc2C)cc1)c1ccncc1. The van der Waals surface area contributed by atoms with E-state index < -0.39 is 10.0 Å². The summed E-state index contributed by atoms with van der Waals surface area (Å²) < 4.78 is 26.8. The zero-order valence-corrected chi connectivity index (χ0v) is 21.3. The van der Waals surface area contributed by atoms with Crippen molar-refractivity contribution in [2.24, 2.45) is 0 Å². The van der Waals surface area contributed by atoms with Gasteiger partial charge in [-0.1, -0.05) is 18.2 Å². The molecule has 0 saturated carbocycles. The first-order valence-corrected chi connectivity index (χ1v) is 13.1. The van der Waals surface area contributed by atoms with Gasteiger partial charge in [-0.2, -0.15) is 0 Å². The Bertz CT molecular complexity index is 1200. The summed E-state index contributed by atoms with van der Waals surface area (Å²) in [6.45, 7) is 6.48. The molecule has 0 fully saturated rings. The fourth-order valence-corrected chi connectivity index (χ4v) is 5.04. The Labute approximate surface area is 208 Å². The molecule has 0 atom stereocenters. The number of nitrogens with one attached hydrogen (secondary N) is 2. The topological polar surface area (TPSA) is 94.6 Å². The Morgan fingerprint density at radius 2 is 1.60 bits per heavy atom. The number of amides is 1. The van der Waals surface area contributed by atoms with Gasteiger partial charge in [0.25, 0.3) is 0 Å². The van der Waals surface area contributed by atoms with E-state index in [0.717, 1.165) is 31.0 Å². The number of nitrogens with zero attached hydrogens (tertiary/aromatic N) is 3. The number of pyridine rings is 1. The lowest BCUT2D eigenvalue weighted by Gasteiger charge is -2.23. The van der Waals surface area contributed by atoms with Crippen molar-refractivity contribution in [3.63, 3.8) is 0 Å². The highest BCUT2D eigenvalue weighted by Crippen LogP contribution is 2.19. The van der Waals surface area contributed by atoms with Gasteiger partial charge >= 0.3 is 0 Å². The lowest BCUT2D eigenvalue weighted by Crippen LogP contribution is -2.30. The van der Waals surface area contributed by atoms with Gasteiger partial charge in [0, 0.05) is 69.1 Å². The summed E-state index contributed by atoms with van der Waals surface area (Å²) in [5.74, 6) is -0.242. The Balaban J connectivity index is 1.45. The Kier molecular flexibility index (Phi) is 9.22. The number of aromatic nitrogens is 1. The lowest BCUT2D eigenvalue weighted by atomic mass is 10.2. The largest absolute Gasteiger partial charge is 0.383 e. The highest BCUT2D eigenvalue weighted by Gasteiger charge is 2.22. The predicted molar refractivity (Wildman–Crippen MR) is 141 cm³/mol. The second-order valence-electron chi connectivity index (χ2n) is 8.18. The standard InChI is InChI=1S/C26H33N5O3S/c1-4-31(24-13-16-27-17-14-24)20-18-28-22-9-11-23(12-10-22)29-26(32)15-19-30(3)35(33,34)25-8-6-5-7-21(25)2/h5-14,16-17,28H,4,15,18-20H2,1-3H3,(H,29,32). The first-order chi connectivity index (χ1) is 16.8. The number of hydrogen-bond acceptors (Lipinski definition) is 6. The van der Waals surface area contributed by atoms with Crippen LogP contribution in [-0.4, -0.2) is 56.8 Å². The van der Waals surface area contributed by atoms with Gasteiger partial charge in [0.1, 0.15) is 0 Å². The third-order valence-electron chi connectivity index (χ3n) is 5.72. The molecule has 186 valence electrons. The Hall–Kier alpha value is -3.43. The monoisotopic (exact) mass is 495 g/mol.